The zero-order chi connectivity index (χ0) is 33.7. The molecule has 0 fully saturated rings. The van der Waals surface area contributed by atoms with Gasteiger partial charge < -0.3 is 36.9 Å². The molecule has 4 atom stereocenters. The van der Waals surface area contributed by atoms with Gasteiger partial charge in [-0.2, -0.15) is 12.6 Å². The number of nitrogens with two attached hydrogens (primary N) is 3. The monoisotopic (exact) mass is 673 g/mol. The van der Waals surface area contributed by atoms with Gasteiger partial charge in [-0.05, 0) is 0 Å². The number of carbonyl (C=O) groups is 5. The van der Waals surface area contributed by atoms with Gasteiger partial charge in [0.2, 0.25) is 0 Å². The van der Waals surface area contributed by atoms with E-state index in [1.807, 2.05) is 0 Å². The van der Waals surface area contributed by atoms with Crippen LogP contribution in [0.4, 0.5) is 0 Å². The maximum atomic E-state index is 12.5. The van der Waals surface area contributed by atoms with E-state index < -0.39 is 71.3 Å². The predicted molar refractivity (Wildman–Crippen MR) is 141 cm³/mol. The summed E-state index contributed by atoms with van der Waals surface area (Å²) >= 11 is 0. The fourth-order valence-electron chi connectivity index (χ4n) is 3.06. The fraction of sp³-hybridized carbons (Fsp3) is 0.364. The molecule has 0 aliphatic carbocycles. The third-order valence-corrected chi connectivity index (χ3v) is 6.07. The third-order valence-electron chi connectivity index (χ3n) is 5.26. The SMILES string of the molecule is NC(Cc1cnc[nH]1)C(=O)OOC(=O)COS(=O)(=O)OC(OC(=O)C(N)Cc1cnc[nH]1)C(=O)OOC(=O)C(N)Cc1cnc[nH]1. The van der Waals surface area contributed by atoms with Crippen molar-refractivity contribution in [2.24, 2.45) is 17.2 Å². The van der Waals surface area contributed by atoms with Gasteiger partial charge in [-0.25, -0.2) is 57.9 Å². The molecule has 3 aromatic rings. The molecule has 0 saturated carbocycles. The van der Waals surface area contributed by atoms with Gasteiger partial charge >= 0.3 is 46.5 Å². The summed E-state index contributed by atoms with van der Waals surface area (Å²) in [6.45, 7) is -1.47. The largest absolute Gasteiger partial charge is 0.424 e. The van der Waals surface area contributed by atoms with Crippen LogP contribution in [-0.4, -0.2) is 99.2 Å². The number of hydrogen-bond acceptors (Lipinski definition) is 20. The molecule has 23 nitrogen and oxygen atoms in total. The van der Waals surface area contributed by atoms with Gasteiger partial charge in [0.15, 0.2) is 6.61 Å². The molecule has 0 aromatic carbocycles. The topological polar surface area (TPSA) is 348 Å². The second kappa shape index (κ2) is 16.7. The average molecular weight is 674 g/mol. The van der Waals surface area contributed by atoms with E-state index in [0.717, 1.165) is 0 Å². The molecular weight excluding hydrogens is 646 g/mol. The number of hydrogen-bond donors (Lipinski definition) is 6. The maximum Gasteiger partial charge on any atom is 0.424 e. The van der Waals surface area contributed by atoms with Crippen LogP contribution in [-0.2, 0) is 86.3 Å². The molecule has 4 unspecified atom stereocenters. The summed E-state index contributed by atoms with van der Waals surface area (Å²) < 4.78 is 38.0. The second-order valence-electron chi connectivity index (χ2n) is 8.86. The van der Waals surface area contributed by atoms with Crippen LogP contribution >= 0.6 is 0 Å². The number of nitrogens with zero attached hydrogens (tertiary/aromatic N) is 3. The number of aromatic amines is 3. The number of carbonyl (C=O) groups excluding carboxylic acids is 5. The molecule has 0 aliphatic rings. The van der Waals surface area contributed by atoms with E-state index in [0.29, 0.717) is 17.1 Å². The molecule has 24 heteroatoms. The maximum absolute atomic E-state index is 12.5. The first-order valence-electron chi connectivity index (χ1n) is 12.6. The zero-order valence-electron chi connectivity index (χ0n) is 23.3. The van der Waals surface area contributed by atoms with Crippen molar-refractivity contribution in [1.29, 1.82) is 0 Å². The molecule has 0 amide bonds. The lowest BCUT2D eigenvalue weighted by atomic mass is 10.2. The molecule has 3 aromatic heterocycles. The van der Waals surface area contributed by atoms with Crippen LogP contribution in [0.25, 0.3) is 0 Å². The first-order valence-corrected chi connectivity index (χ1v) is 14.0. The molecule has 0 saturated heterocycles. The van der Waals surface area contributed by atoms with Crippen LogP contribution in [0, 0.1) is 0 Å². The van der Waals surface area contributed by atoms with Gasteiger partial charge in [0.25, 0.3) is 0 Å². The lowest BCUT2D eigenvalue weighted by Gasteiger charge is -2.18. The number of aromatic nitrogens is 6. The van der Waals surface area contributed by atoms with Gasteiger partial charge in [-0.1, -0.05) is 0 Å². The minimum atomic E-state index is -5.41. The van der Waals surface area contributed by atoms with E-state index in [4.69, 9.17) is 21.9 Å². The Labute approximate surface area is 257 Å². The molecule has 46 heavy (non-hydrogen) atoms. The molecule has 3 rings (SSSR count). The van der Waals surface area contributed by atoms with Gasteiger partial charge in [0, 0.05) is 54.9 Å². The Balaban J connectivity index is 1.56. The molecule has 250 valence electrons. The fourth-order valence-corrected chi connectivity index (χ4v) is 3.69. The van der Waals surface area contributed by atoms with Crippen molar-refractivity contribution < 1.29 is 65.0 Å². The number of H-pyrrole nitrogens is 3. The van der Waals surface area contributed by atoms with Crippen molar-refractivity contribution >= 4 is 40.2 Å². The quantitative estimate of drug-likeness (QED) is 0.0365. The van der Waals surface area contributed by atoms with E-state index in [9.17, 15) is 32.4 Å². The Morgan fingerprint density at radius 2 is 1.07 bits per heavy atom. The third kappa shape index (κ3) is 11.7. The van der Waals surface area contributed by atoms with Crippen molar-refractivity contribution in [3.8, 4) is 0 Å². The van der Waals surface area contributed by atoms with Crippen molar-refractivity contribution in [3.63, 3.8) is 0 Å². The molecular formula is C22H27N9O14S. The standard InChI is InChI=1S/C22H27N9O14S/c23-14(1-11-4-26-8-29-11)18(33)40-22(21(36)44-43-20(35)16(25)3-13-6-28-10-31-13)45-46(37,38)39-7-17(32)41-42-19(34)15(24)2-12-5-27-9-30-12/h4-6,8-10,14-16,22H,1-3,7,23-25H2,(H,26,29)(H,27,30)(H,28,31). The van der Waals surface area contributed by atoms with Crippen molar-refractivity contribution in [1.82, 2.24) is 29.9 Å². The van der Waals surface area contributed by atoms with Crippen LogP contribution in [0.2, 0.25) is 0 Å². The summed E-state index contributed by atoms with van der Waals surface area (Å²) in [5.41, 5.74) is 18.2. The minimum absolute atomic E-state index is 0.0671. The van der Waals surface area contributed by atoms with Crippen LogP contribution in [0.3, 0.4) is 0 Å². The molecule has 0 radical (unpaired) electrons. The normalized spacial score (nSPS) is 13.9. The van der Waals surface area contributed by atoms with E-state index in [1.165, 1.54) is 37.6 Å². The number of nitrogens with one attached hydrogen (secondary N) is 3. The Bertz CT molecular complexity index is 1550. The number of rotatable bonds is 16. The molecule has 0 spiro atoms. The molecule has 0 bridgehead atoms. The Kier molecular flexibility index (Phi) is 12.8. The van der Waals surface area contributed by atoms with Crippen LogP contribution in [0.15, 0.2) is 37.6 Å². The van der Waals surface area contributed by atoms with E-state index in [1.54, 1.807) is 0 Å². The summed E-state index contributed by atoms with van der Waals surface area (Å²) in [4.78, 5) is 97.0. The first-order chi connectivity index (χ1) is 21.8. The summed E-state index contributed by atoms with van der Waals surface area (Å²) in [6.07, 6.45) is 4.77. The Morgan fingerprint density at radius 3 is 1.50 bits per heavy atom. The number of imidazole rings is 3. The van der Waals surface area contributed by atoms with Gasteiger partial charge in [0.1, 0.15) is 18.1 Å². The first kappa shape index (κ1) is 35.2. The van der Waals surface area contributed by atoms with Crippen LogP contribution in [0.1, 0.15) is 17.1 Å². The highest BCUT2D eigenvalue weighted by molar-refractivity contribution is 7.81. The number of ether oxygens (including phenoxy) is 1. The van der Waals surface area contributed by atoms with Crippen LogP contribution in [0.5, 0.6) is 0 Å². The summed E-state index contributed by atoms with van der Waals surface area (Å²) in [5, 5.41) is 0. The van der Waals surface area contributed by atoms with Crippen molar-refractivity contribution in [2.75, 3.05) is 6.61 Å². The highest BCUT2D eigenvalue weighted by atomic mass is 32.3. The lowest BCUT2D eigenvalue weighted by Crippen LogP contribution is -2.42. The smallest absolute Gasteiger partial charge is 0.421 e. The highest BCUT2D eigenvalue weighted by Gasteiger charge is 2.36. The summed E-state index contributed by atoms with van der Waals surface area (Å²) in [5.74, 6) is -7.38. The average Bonchev–Trinajstić information content (AvgIpc) is 3.82. The van der Waals surface area contributed by atoms with Crippen LogP contribution < -0.4 is 17.2 Å². The van der Waals surface area contributed by atoms with E-state index >= 15 is 0 Å². The number of esters is 1. The minimum Gasteiger partial charge on any atom is -0.421 e. The molecule has 0 aliphatic heterocycles. The predicted octanol–water partition coefficient (Wildman–Crippen LogP) is -3.98. The summed E-state index contributed by atoms with van der Waals surface area (Å²) in [7, 11) is -5.41. The van der Waals surface area contributed by atoms with E-state index in [-0.39, 0.29) is 19.3 Å². The van der Waals surface area contributed by atoms with Crippen molar-refractivity contribution in [2.45, 2.75) is 43.7 Å². The second-order valence-corrected chi connectivity index (χ2v) is 10.1. The van der Waals surface area contributed by atoms with Gasteiger partial charge in [-0.3, -0.25) is 4.79 Å². The van der Waals surface area contributed by atoms with Gasteiger partial charge in [-0.15, -0.1) is 0 Å². The molecule has 9 N–H and O–H groups in total. The van der Waals surface area contributed by atoms with Crippen molar-refractivity contribution in [3.05, 3.63) is 54.7 Å². The molecule has 3 heterocycles. The van der Waals surface area contributed by atoms with E-state index in [2.05, 4.69) is 57.8 Å². The summed E-state index contributed by atoms with van der Waals surface area (Å²) in [6, 6.07) is -4.18. The zero-order valence-corrected chi connectivity index (χ0v) is 24.1. The van der Waals surface area contributed by atoms with Gasteiger partial charge in [0.05, 0.1) is 19.0 Å². The lowest BCUT2D eigenvalue weighted by molar-refractivity contribution is -0.273. The Morgan fingerprint density at radius 1 is 0.652 bits per heavy atom. The highest BCUT2D eigenvalue weighted by Crippen LogP contribution is 2.11. The Hall–Kier alpha value is -5.27.